The molecule has 100 valence electrons. The van der Waals surface area contributed by atoms with Crippen molar-refractivity contribution in [2.75, 3.05) is 0 Å². The number of fused-ring (bicyclic) bond motifs is 1. The first kappa shape index (κ1) is 13.7. The maximum atomic E-state index is 11.3. The molecule has 0 radical (unpaired) electrons. The quantitative estimate of drug-likeness (QED) is 0.696. The van der Waals surface area contributed by atoms with E-state index in [-0.39, 0.29) is 17.1 Å². The van der Waals surface area contributed by atoms with E-state index in [9.17, 15) is 4.79 Å². The second-order valence-electron chi connectivity index (χ2n) is 4.45. The summed E-state index contributed by atoms with van der Waals surface area (Å²) in [6.45, 7) is 0. The number of aromatic nitrogens is 2. The summed E-state index contributed by atoms with van der Waals surface area (Å²) in [6.07, 6.45) is 5.38. The molecule has 5 heteroatoms. The summed E-state index contributed by atoms with van der Waals surface area (Å²) < 4.78 is 0. The monoisotopic (exact) mass is 275 g/mol. The van der Waals surface area contributed by atoms with Crippen LogP contribution in [0.1, 0.15) is 23.5 Å². The van der Waals surface area contributed by atoms with E-state index in [4.69, 9.17) is 5.73 Å². The molecule has 3 rings (SSSR count). The van der Waals surface area contributed by atoms with E-state index in [0.29, 0.717) is 0 Å². The summed E-state index contributed by atoms with van der Waals surface area (Å²) in [5, 5.41) is 6.28. The van der Waals surface area contributed by atoms with E-state index in [1.54, 1.807) is 12.4 Å². The third-order valence-electron chi connectivity index (χ3n) is 3.20. The Morgan fingerprint density at radius 3 is 2.74 bits per heavy atom. The minimum atomic E-state index is -0.267. The summed E-state index contributed by atoms with van der Waals surface area (Å²) in [4.78, 5) is 11.3. The van der Waals surface area contributed by atoms with Crippen LogP contribution in [0.15, 0.2) is 42.7 Å². The first-order valence-electron chi connectivity index (χ1n) is 6.19. The zero-order valence-electron chi connectivity index (χ0n) is 10.5. The molecule has 1 aliphatic rings. The van der Waals surface area contributed by atoms with Crippen LogP contribution in [0.5, 0.6) is 0 Å². The van der Waals surface area contributed by atoms with Crippen LogP contribution >= 0.6 is 12.6 Å². The summed E-state index contributed by atoms with van der Waals surface area (Å²) >= 11 is 4.42. The van der Waals surface area contributed by atoms with Gasteiger partial charge in [-0.25, -0.2) is 0 Å². The van der Waals surface area contributed by atoms with Crippen molar-refractivity contribution in [1.82, 2.24) is 10.2 Å². The molecule has 1 aromatic carbocycles. The number of nitrogens with one attached hydrogen (secondary N) is 1. The molecule has 1 aliphatic carbocycles. The van der Waals surface area contributed by atoms with E-state index >= 15 is 0 Å². The molecule has 0 spiro atoms. The van der Waals surface area contributed by atoms with Crippen LogP contribution in [0.3, 0.4) is 0 Å². The van der Waals surface area contributed by atoms with Crippen molar-refractivity contribution < 1.29 is 4.79 Å². The van der Waals surface area contributed by atoms with Gasteiger partial charge in [0.1, 0.15) is 0 Å². The molecule has 2 atom stereocenters. The van der Waals surface area contributed by atoms with Gasteiger partial charge in [-0.2, -0.15) is 17.7 Å². The maximum absolute atomic E-state index is 11.3. The Balaban J connectivity index is 0.000000224. The number of hydrogen-bond donors (Lipinski definition) is 3. The Morgan fingerprint density at radius 2 is 2.16 bits per heavy atom. The predicted molar refractivity (Wildman–Crippen MR) is 78.1 cm³/mol. The molecule has 3 N–H and O–H groups in total. The van der Waals surface area contributed by atoms with Crippen molar-refractivity contribution in [2.45, 2.75) is 24.0 Å². The van der Waals surface area contributed by atoms with Crippen LogP contribution in [0, 0.1) is 0 Å². The fourth-order valence-electron chi connectivity index (χ4n) is 2.30. The highest BCUT2D eigenvalue weighted by Crippen LogP contribution is 2.34. The van der Waals surface area contributed by atoms with Crippen molar-refractivity contribution in [3.63, 3.8) is 0 Å². The van der Waals surface area contributed by atoms with Gasteiger partial charge in [-0.1, -0.05) is 24.3 Å². The predicted octanol–water partition coefficient (Wildman–Crippen LogP) is 1.91. The number of rotatable bonds is 1. The lowest BCUT2D eigenvalue weighted by Gasteiger charge is -2.28. The lowest BCUT2D eigenvalue weighted by molar-refractivity contribution is -0.119. The Labute approximate surface area is 117 Å². The number of H-pyrrole nitrogens is 1. The number of carbonyl (C=O) groups excluding carboxylic acids is 1. The second-order valence-corrected chi connectivity index (χ2v) is 5.11. The van der Waals surface area contributed by atoms with E-state index in [1.807, 2.05) is 24.3 Å². The standard InChI is InChI=1S/C11H13NOS.C3H4N2/c12-11(13)10-8-4-2-1-3-7(8)5-6-9(10)14;1-2-4-5-3-1/h1-4,9-10,14H,5-6H2,(H2,12,13);1-3H,(H,4,5). The van der Waals surface area contributed by atoms with Crippen molar-refractivity contribution in [3.05, 3.63) is 53.9 Å². The van der Waals surface area contributed by atoms with Crippen molar-refractivity contribution >= 4 is 18.5 Å². The molecule has 0 bridgehead atoms. The molecule has 1 amide bonds. The molecule has 2 unspecified atom stereocenters. The number of aromatic amines is 1. The average molecular weight is 275 g/mol. The fourth-order valence-corrected chi connectivity index (χ4v) is 2.74. The molecular weight excluding hydrogens is 258 g/mol. The van der Waals surface area contributed by atoms with Gasteiger partial charge >= 0.3 is 0 Å². The molecular formula is C14H17N3OS. The van der Waals surface area contributed by atoms with Crippen LogP contribution in [0.2, 0.25) is 0 Å². The van der Waals surface area contributed by atoms with Crippen LogP contribution in [-0.4, -0.2) is 21.4 Å². The second kappa shape index (κ2) is 6.43. The summed E-state index contributed by atoms with van der Waals surface area (Å²) in [7, 11) is 0. The highest BCUT2D eigenvalue weighted by molar-refractivity contribution is 7.81. The Morgan fingerprint density at radius 1 is 1.37 bits per heavy atom. The van der Waals surface area contributed by atoms with Gasteiger partial charge < -0.3 is 5.73 Å². The van der Waals surface area contributed by atoms with Crippen LogP contribution < -0.4 is 5.73 Å². The molecule has 19 heavy (non-hydrogen) atoms. The van der Waals surface area contributed by atoms with Crippen molar-refractivity contribution in [2.24, 2.45) is 5.73 Å². The molecule has 0 fully saturated rings. The van der Waals surface area contributed by atoms with Crippen LogP contribution in [0.25, 0.3) is 0 Å². The van der Waals surface area contributed by atoms with Gasteiger partial charge in [-0.3, -0.25) is 9.89 Å². The van der Waals surface area contributed by atoms with Gasteiger partial charge in [-0.15, -0.1) is 0 Å². The maximum Gasteiger partial charge on any atom is 0.226 e. The smallest absolute Gasteiger partial charge is 0.226 e. The third-order valence-corrected chi connectivity index (χ3v) is 3.75. The van der Waals surface area contributed by atoms with E-state index in [0.717, 1.165) is 18.4 Å². The normalized spacial score (nSPS) is 20.9. The number of amides is 1. The molecule has 1 heterocycles. The minimum absolute atomic E-state index is 0.0717. The number of benzene rings is 1. The van der Waals surface area contributed by atoms with Crippen molar-refractivity contribution in [1.29, 1.82) is 0 Å². The highest BCUT2D eigenvalue weighted by Gasteiger charge is 2.30. The topological polar surface area (TPSA) is 71.8 Å². The zero-order valence-corrected chi connectivity index (χ0v) is 11.4. The summed E-state index contributed by atoms with van der Waals surface area (Å²) in [5.41, 5.74) is 7.68. The van der Waals surface area contributed by atoms with Gasteiger partial charge in [0, 0.05) is 17.6 Å². The summed E-state index contributed by atoms with van der Waals surface area (Å²) in [5.74, 6) is -0.486. The first-order chi connectivity index (χ1) is 9.20. The number of thiol groups is 1. The van der Waals surface area contributed by atoms with Gasteiger partial charge in [0.05, 0.1) is 5.92 Å². The molecule has 1 aromatic heterocycles. The number of nitrogens with two attached hydrogens (primary N) is 1. The SMILES string of the molecule is NC(=O)C1c2ccccc2CCC1S.c1cn[nH]c1. The molecule has 0 aliphatic heterocycles. The third kappa shape index (κ3) is 3.38. The zero-order chi connectivity index (χ0) is 13.7. The molecule has 0 saturated heterocycles. The Bertz CT molecular complexity index is 510. The van der Waals surface area contributed by atoms with Crippen LogP contribution in [-0.2, 0) is 11.2 Å². The molecule has 2 aromatic rings. The van der Waals surface area contributed by atoms with Crippen molar-refractivity contribution in [3.8, 4) is 0 Å². The average Bonchev–Trinajstić information content (AvgIpc) is 2.97. The van der Waals surface area contributed by atoms with Gasteiger partial charge in [0.15, 0.2) is 0 Å². The minimum Gasteiger partial charge on any atom is -0.369 e. The number of aryl methyl sites for hydroxylation is 1. The number of carbonyl (C=O) groups is 1. The van der Waals surface area contributed by atoms with E-state index < -0.39 is 0 Å². The Hall–Kier alpha value is -1.75. The molecule has 4 nitrogen and oxygen atoms in total. The van der Waals surface area contributed by atoms with E-state index in [2.05, 4.69) is 28.9 Å². The lowest BCUT2D eigenvalue weighted by Crippen LogP contribution is -2.32. The fraction of sp³-hybridized carbons (Fsp3) is 0.286. The van der Waals surface area contributed by atoms with Crippen LogP contribution in [0.4, 0.5) is 0 Å². The number of primary amides is 1. The highest BCUT2D eigenvalue weighted by atomic mass is 32.1. The Kier molecular flexibility index (Phi) is 4.63. The lowest BCUT2D eigenvalue weighted by atomic mass is 9.82. The molecule has 0 saturated carbocycles. The number of nitrogens with zero attached hydrogens (tertiary/aromatic N) is 1. The van der Waals surface area contributed by atoms with E-state index in [1.165, 1.54) is 5.56 Å². The van der Waals surface area contributed by atoms with Gasteiger partial charge in [-0.05, 0) is 30.0 Å². The number of hydrogen-bond acceptors (Lipinski definition) is 3. The van der Waals surface area contributed by atoms with Gasteiger partial charge in [0.25, 0.3) is 0 Å². The van der Waals surface area contributed by atoms with Gasteiger partial charge in [0.2, 0.25) is 5.91 Å². The largest absolute Gasteiger partial charge is 0.369 e. The first-order valence-corrected chi connectivity index (χ1v) is 6.70. The summed E-state index contributed by atoms with van der Waals surface area (Å²) in [6, 6.07) is 9.81.